The third-order valence-electron chi connectivity index (χ3n) is 5.62. The summed E-state index contributed by atoms with van der Waals surface area (Å²) < 4.78 is 29.2. The first-order valence-electron chi connectivity index (χ1n) is 12.4. The van der Waals surface area contributed by atoms with Gasteiger partial charge in [-0.3, -0.25) is 14.5 Å². The maximum absolute atomic E-state index is 13.6. The fourth-order valence-electron chi connectivity index (χ4n) is 4.54. The van der Waals surface area contributed by atoms with Gasteiger partial charge in [-0.1, -0.05) is 6.08 Å². The Labute approximate surface area is 219 Å². The Kier molecular flexibility index (Phi) is 9.07. The molecule has 0 N–H and O–H groups in total. The number of esters is 1. The van der Waals surface area contributed by atoms with Crippen molar-refractivity contribution >= 4 is 24.1 Å². The molecule has 0 aromatic heterocycles. The zero-order valence-electron chi connectivity index (χ0n) is 23.7. The standard InChI is InChI=1S/C26H42N2O9/c1-12-13-18(33-16(3)30)19-21-20(34-26(10,11)35-21)17(28(19)23(32)37-25(7,8)9)14-27(15(2)29)22(31)36-24(4,5)6/h12,17-21H,1,13-14H2,2-11H3/t17-,18-,19-,20-,21+/m1/s1. The normalized spacial score (nSPS) is 25.6. The molecule has 2 aliphatic rings. The molecular formula is C26H42N2O9. The smallest absolute Gasteiger partial charge is 0.417 e. The van der Waals surface area contributed by atoms with Gasteiger partial charge < -0.3 is 23.7 Å². The van der Waals surface area contributed by atoms with Gasteiger partial charge in [0.15, 0.2) is 5.79 Å². The molecule has 11 nitrogen and oxygen atoms in total. The molecule has 37 heavy (non-hydrogen) atoms. The van der Waals surface area contributed by atoms with Gasteiger partial charge in [-0.05, 0) is 55.4 Å². The van der Waals surface area contributed by atoms with Crippen LogP contribution in [0.4, 0.5) is 9.59 Å². The van der Waals surface area contributed by atoms with E-state index in [4.69, 9.17) is 23.7 Å². The third kappa shape index (κ3) is 7.91. The van der Waals surface area contributed by atoms with E-state index < -0.39 is 71.4 Å². The first-order chi connectivity index (χ1) is 16.8. The van der Waals surface area contributed by atoms with Crippen molar-refractivity contribution < 1.29 is 42.9 Å². The summed E-state index contributed by atoms with van der Waals surface area (Å²) in [4.78, 5) is 53.5. The summed E-state index contributed by atoms with van der Waals surface area (Å²) in [6.07, 6.45) is -2.15. The molecule has 3 amide bonds. The fourth-order valence-corrected chi connectivity index (χ4v) is 4.54. The van der Waals surface area contributed by atoms with Crippen molar-refractivity contribution in [2.45, 2.75) is 123 Å². The Hall–Kier alpha value is -2.66. The van der Waals surface area contributed by atoms with Crippen LogP contribution < -0.4 is 0 Å². The lowest BCUT2D eigenvalue weighted by Gasteiger charge is -2.39. The molecule has 5 atom stereocenters. The van der Waals surface area contributed by atoms with Crippen molar-refractivity contribution in [2.24, 2.45) is 0 Å². The van der Waals surface area contributed by atoms with Crippen molar-refractivity contribution in [3.05, 3.63) is 12.7 Å². The summed E-state index contributed by atoms with van der Waals surface area (Å²) in [7, 11) is 0. The Balaban J connectivity index is 2.61. The number of carbonyl (C=O) groups is 4. The average molecular weight is 527 g/mol. The molecule has 2 saturated heterocycles. The number of amides is 3. The lowest BCUT2D eigenvalue weighted by Crippen LogP contribution is -2.56. The van der Waals surface area contributed by atoms with E-state index in [1.807, 2.05) is 0 Å². The topological polar surface area (TPSA) is 121 Å². The SMILES string of the molecule is C=CC[C@@H](OC(C)=O)[C@@H]1[C@@H]2OC(C)(C)O[C@@H]2[C@@H](CN(C(C)=O)C(=O)OC(C)(C)C)N1C(=O)OC(C)(C)C. The second kappa shape index (κ2) is 11.0. The molecule has 0 bridgehead atoms. The summed E-state index contributed by atoms with van der Waals surface area (Å²) in [6.45, 7) is 19.7. The van der Waals surface area contributed by atoms with Gasteiger partial charge in [0.2, 0.25) is 5.91 Å². The second-order valence-corrected chi connectivity index (χ2v) is 11.8. The van der Waals surface area contributed by atoms with Crippen LogP contribution in [0.5, 0.6) is 0 Å². The van der Waals surface area contributed by atoms with Crippen molar-refractivity contribution in [1.82, 2.24) is 9.80 Å². The quantitative estimate of drug-likeness (QED) is 0.289. The van der Waals surface area contributed by atoms with Gasteiger partial charge in [-0.15, -0.1) is 6.58 Å². The number of rotatable bonds is 6. The molecule has 210 valence electrons. The molecule has 0 aromatic carbocycles. The molecule has 0 unspecified atom stereocenters. The predicted octanol–water partition coefficient (Wildman–Crippen LogP) is 3.79. The number of ether oxygens (including phenoxy) is 5. The monoisotopic (exact) mass is 526 g/mol. The number of hydrogen-bond acceptors (Lipinski definition) is 9. The zero-order chi connectivity index (χ0) is 28.5. The molecular weight excluding hydrogens is 484 g/mol. The van der Waals surface area contributed by atoms with Crippen LogP contribution in [0.25, 0.3) is 0 Å². The average Bonchev–Trinajstić information content (AvgIpc) is 3.12. The highest BCUT2D eigenvalue weighted by molar-refractivity contribution is 5.90. The lowest BCUT2D eigenvalue weighted by molar-refractivity contribution is -0.177. The summed E-state index contributed by atoms with van der Waals surface area (Å²) in [5, 5.41) is 0. The Morgan fingerprint density at radius 3 is 2.00 bits per heavy atom. The fraction of sp³-hybridized carbons (Fsp3) is 0.769. The number of likely N-dealkylation sites (tertiary alicyclic amines) is 1. The van der Waals surface area contributed by atoms with Crippen LogP contribution in [-0.2, 0) is 33.3 Å². The number of carbonyl (C=O) groups excluding carboxylic acids is 4. The van der Waals surface area contributed by atoms with Crippen molar-refractivity contribution in [3.63, 3.8) is 0 Å². The first kappa shape index (κ1) is 30.6. The molecule has 2 rings (SSSR count). The summed E-state index contributed by atoms with van der Waals surface area (Å²) in [5.41, 5.74) is -1.71. The van der Waals surface area contributed by atoms with E-state index in [9.17, 15) is 19.2 Å². The van der Waals surface area contributed by atoms with E-state index in [1.165, 1.54) is 18.7 Å². The number of hydrogen-bond donors (Lipinski definition) is 0. The number of fused-ring (bicyclic) bond motifs is 1. The minimum atomic E-state index is -1.03. The third-order valence-corrected chi connectivity index (χ3v) is 5.62. The van der Waals surface area contributed by atoms with Gasteiger partial charge in [0.05, 0.1) is 12.6 Å². The van der Waals surface area contributed by atoms with Gasteiger partial charge in [0.25, 0.3) is 0 Å². The molecule has 0 aliphatic carbocycles. The number of nitrogens with zero attached hydrogens (tertiary/aromatic N) is 2. The summed E-state index contributed by atoms with van der Waals surface area (Å²) in [6, 6.07) is -1.73. The van der Waals surface area contributed by atoms with Gasteiger partial charge in [0, 0.05) is 20.3 Å². The minimum absolute atomic E-state index is 0.214. The molecule has 11 heteroatoms. The Morgan fingerprint density at radius 2 is 1.54 bits per heavy atom. The Bertz CT molecular complexity index is 903. The first-order valence-corrected chi connectivity index (χ1v) is 12.4. The second-order valence-electron chi connectivity index (χ2n) is 11.8. The zero-order valence-corrected chi connectivity index (χ0v) is 23.7. The Morgan fingerprint density at radius 1 is 1.00 bits per heavy atom. The highest BCUT2D eigenvalue weighted by Crippen LogP contribution is 2.43. The van der Waals surface area contributed by atoms with Crippen LogP contribution in [0.3, 0.4) is 0 Å². The molecule has 0 radical (unpaired) electrons. The van der Waals surface area contributed by atoms with E-state index in [-0.39, 0.29) is 13.0 Å². The van der Waals surface area contributed by atoms with E-state index in [1.54, 1.807) is 61.5 Å². The van der Waals surface area contributed by atoms with Crippen LogP contribution >= 0.6 is 0 Å². The van der Waals surface area contributed by atoms with Crippen LogP contribution in [0.15, 0.2) is 12.7 Å². The highest BCUT2D eigenvalue weighted by atomic mass is 16.8. The van der Waals surface area contributed by atoms with Crippen LogP contribution in [-0.4, -0.2) is 87.8 Å². The van der Waals surface area contributed by atoms with Crippen LogP contribution in [0, 0.1) is 0 Å². The lowest BCUT2D eigenvalue weighted by atomic mass is 10.0. The molecule has 0 spiro atoms. The van der Waals surface area contributed by atoms with Gasteiger partial charge in [0.1, 0.15) is 35.6 Å². The predicted molar refractivity (Wildman–Crippen MR) is 133 cm³/mol. The van der Waals surface area contributed by atoms with Crippen molar-refractivity contribution in [3.8, 4) is 0 Å². The minimum Gasteiger partial charge on any atom is -0.460 e. The van der Waals surface area contributed by atoms with Gasteiger partial charge in [-0.2, -0.15) is 0 Å². The van der Waals surface area contributed by atoms with Crippen LogP contribution in [0.1, 0.15) is 75.7 Å². The molecule has 2 fully saturated rings. The summed E-state index contributed by atoms with van der Waals surface area (Å²) in [5.74, 6) is -2.15. The molecule has 2 aliphatic heterocycles. The van der Waals surface area contributed by atoms with E-state index in [0.29, 0.717) is 0 Å². The highest BCUT2D eigenvalue weighted by Gasteiger charge is 2.63. The van der Waals surface area contributed by atoms with Gasteiger partial charge >= 0.3 is 18.2 Å². The maximum atomic E-state index is 13.6. The molecule has 0 aromatic rings. The van der Waals surface area contributed by atoms with E-state index in [2.05, 4.69) is 6.58 Å². The maximum Gasteiger partial charge on any atom is 0.417 e. The molecule has 0 saturated carbocycles. The van der Waals surface area contributed by atoms with E-state index >= 15 is 0 Å². The molecule has 2 heterocycles. The largest absolute Gasteiger partial charge is 0.460 e. The van der Waals surface area contributed by atoms with Gasteiger partial charge in [-0.25, -0.2) is 14.5 Å². The summed E-state index contributed by atoms with van der Waals surface area (Å²) >= 11 is 0. The van der Waals surface area contributed by atoms with Crippen molar-refractivity contribution in [2.75, 3.05) is 6.54 Å². The number of imide groups is 1. The van der Waals surface area contributed by atoms with E-state index in [0.717, 1.165) is 4.90 Å². The van der Waals surface area contributed by atoms with Crippen molar-refractivity contribution in [1.29, 1.82) is 0 Å². The van der Waals surface area contributed by atoms with Crippen LogP contribution in [0.2, 0.25) is 0 Å².